The number of carbonyl (C=O) groups excluding carboxylic acids is 1. The van der Waals surface area contributed by atoms with Crippen LogP contribution < -0.4 is 10.0 Å². The fraction of sp³-hybridized carbons (Fsp3) is 0.409. The van der Waals surface area contributed by atoms with Crippen LogP contribution in [0.1, 0.15) is 40.7 Å². The van der Waals surface area contributed by atoms with Crippen LogP contribution in [-0.4, -0.2) is 44.4 Å². The van der Waals surface area contributed by atoms with Crippen molar-refractivity contribution in [3.8, 4) is 0 Å². The molecule has 1 amide bonds. The molecule has 1 heterocycles. The van der Waals surface area contributed by atoms with Gasteiger partial charge in [-0.15, -0.1) is 0 Å². The van der Waals surface area contributed by atoms with Gasteiger partial charge in [-0.1, -0.05) is 17.7 Å². The fourth-order valence-electron chi connectivity index (χ4n) is 3.80. The van der Waals surface area contributed by atoms with E-state index in [1.165, 1.54) is 31.0 Å². The second-order valence-corrected chi connectivity index (χ2v) is 10.3. The van der Waals surface area contributed by atoms with Gasteiger partial charge in [0.05, 0.1) is 15.5 Å². The van der Waals surface area contributed by atoms with Crippen LogP contribution in [-0.2, 0) is 10.0 Å². The molecular weight excluding hydrogens is 422 g/mol. The number of carbonyl (C=O) groups is 1. The molecule has 1 unspecified atom stereocenters. The molecule has 0 radical (unpaired) electrons. The molecular formula is C22H26ClN3O3S. The van der Waals surface area contributed by atoms with E-state index >= 15 is 0 Å². The molecule has 1 aliphatic carbocycles. The highest BCUT2D eigenvalue weighted by Gasteiger charge is 2.35. The Morgan fingerprint density at radius 3 is 2.53 bits per heavy atom. The van der Waals surface area contributed by atoms with Crippen molar-refractivity contribution >= 4 is 33.2 Å². The maximum atomic E-state index is 12.9. The SMILES string of the molecule is Cc1ccc(NS(=O)(=O)c2ccc(Cl)c(C(=O)NC3CCN(C4CC4)C3)c2)cc1C. The number of nitrogens with zero attached hydrogens (tertiary/aromatic N) is 1. The predicted octanol–water partition coefficient (Wildman–Crippen LogP) is 3.72. The number of hydrogen-bond acceptors (Lipinski definition) is 4. The van der Waals surface area contributed by atoms with Crippen LogP contribution in [0.5, 0.6) is 0 Å². The van der Waals surface area contributed by atoms with Gasteiger partial charge in [0.15, 0.2) is 0 Å². The molecule has 0 bridgehead atoms. The van der Waals surface area contributed by atoms with Gasteiger partial charge < -0.3 is 5.32 Å². The highest BCUT2D eigenvalue weighted by molar-refractivity contribution is 7.92. The normalized spacial score (nSPS) is 19.6. The number of hydrogen-bond donors (Lipinski definition) is 2. The summed E-state index contributed by atoms with van der Waals surface area (Å²) in [5, 5.41) is 3.24. The van der Waals surface area contributed by atoms with E-state index in [0.717, 1.165) is 30.6 Å². The Balaban J connectivity index is 1.50. The monoisotopic (exact) mass is 447 g/mol. The quantitative estimate of drug-likeness (QED) is 0.707. The van der Waals surface area contributed by atoms with E-state index in [-0.39, 0.29) is 27.4 Å². The highest BCUT2D eigenvalue weighted by atomic mass is 35.5. The first-order valence-electron chi connectivity index (χ1n) is 10.2. The standard InChI is InChI=1S/C22H26ClN3O3S/c1-14-3-4-16(11-15(14)2)25-30(28,29)19-7-8-21(23)20(12-19)22(27)24-17-9-10-26(13-17)18-5-6-18/h3-4,7-8,11-12,17-18,25H,5-6,9-10,13H2,1-2H3,(H,24,27). The van der Waals surface area contributed by atoms with Crippen LogP contribution in [0.25, 0.3) is 0 Å². The maximum absolute atomic E-state index is 12.9. The predicted molar refractivity (Wildman–Crippen MR) is 119 cm³/mol. The average Bonchev–Trinajstić information content (AvgIpc) is 3.44. The van der Waals surface area contributed by atoms with Gasteiger partial charge in [0.1, 0.15) is 0 Å². The number of likely N-dealkylation sites (tertiary alicyclic amines) is 1. The largest absolute Gasteiger partial charge is 0.348 e. The van der Waals surface area contributed by atoms with Gasteiger partial charge in [0.25, 0.3) is 15.9 Å². The summed E-state index contributed by atoms with van der Waals surface area (Å²) in [6.45, 7) is 5.70. The summed E-state index contributed by atoms with van der Waals surface area (Å²) in [6.07, 6.45) is 3.37. The Kier molecular flexibility index (Phi) is 5.79. The molecule has 1 atom stereocenters. The van der Waals surface area contributed by atoms with E-state index in [9.17, 15) is 13.2 Å². The zero-order chi connectivity index (χ0) is 21.5. The summed E-state index contributed by atoms with van der Waals surface area (Å²) in [7, 11) is -3.85. The molecule has 0 aromatic heterocycles. The van der Waals surface area contributed by atoms with E-state index in [0.29, 0.717) is 11.7 Å². The summed E-state index contributed by atoms with van der Waals surface area (Å²) in [4.78, 5) is 15.2. The molecule has 0 spiro atoms. The third kappa shape index (κ3) is 4.63. The summed E-state index contributed by atoms with van der Waals surface area (Å²) in [5.74, 6) is -0.342. The lowest BCUT2D eigenvalue weighted by Crippen LogP contribution is -2.37. The van der Waals surface area contributed by atoms with Crippen LogP contribution in [0, 0.1) is 13.8 Å². The number of halogens is 1. The molecule has 8 heteroatoms. The molecule has 2 aromatic carbocycles. The summed E-state index contributed by atoms with van der Waals surface area (Å²) >= 11 is 6.23. The average molecular weight is 448 g/mol. The van der Waals surface area contributed by atoms with Crippen LogP contribution >= 0.6 is 11.6 Å². The van der Waals surface area contributed by atoms with Crippen LogP contribution in [0.2, 0.25) is 5.02 Å². The van der Waals surface area contributed by atoms with Crippen molar-refractivity contribution in [2.75, 3.05) is 17.8 Å². The number of nitrogens with one attached hydrogen (secondary N) is 2. The van der Waals surface area contributed by atoms with Crippen molar-refractivity contribution in [2.24, 2.45) is 0 Å². The zero-order valence-corrected chi connectivity index (χ0v) is 18.7. The number of anilines is 1. The minimum absolute atomic E-state index is 0.00121. The minimum atomic E-state index is -3.85. The molecule has 2 N–H and O–H groups in total. The van der Waals surface area contributed by atoms with Gasteiger partial charge in [-0.3, -0.25) is 14.4 Å². The molecule has 2 aromatic rings. The van der Waals surface area contributed by atoms with Gasteiger partial charge in [-0.05, 0) is 74.6 Å². The van der Waals surface area contributed by atoms with E-state index in [2.05, 4.69) is 14.9 Å². The van der Waals surface area contributed by atoms with Gasteiger partial charge >= 0.3 is 0 Å². The fourth-order valence-corrected chi connectivity index (χ4v) is 5.08. The Morgan fingerprint density at radius 1 is 1.07 bits per heavy atom. The topological polar surface area (TPSA) is 78.5 Å². The number of aryl methyl sites for hydroxylation is 2. The molecule has 1 saturated heterocycles. The van der Waals surface area contributed by atoms with Gasteiger partial charge in [0, 0.05) is 30.9 Å². The molecule has 1 aliphatic heterocycles. The second-order valence-electron chi connectivity index (χ2n) is 8.23. The minimum Gasteiger partial charge on any atom is -0.348 e. The van der Waals surface area contributed by atoms with Crippen molar-refractivity contribution in [3.05, 3.63) is 58.1 Å². The van der Waals surface area contributed by atoms with Crippen LogP contribution in [0.3, 0.4) is 0 Å². The number of benzene rings is 2. The van der Waals surface area contributed by atoms with Gasteiger partial charge in [-0.25, -0.2) is 8.42 Å². The smallest absolute Gasteiger partial charge is 0.261 e. The van der Waals surface area contributed by atoms with E-state index in [1.54, 1.807) is 12.1 Å². The molecule has 30 heavy (non-hydrogen) atoms. The van der Waals surface area contributed by atoms with Crippen molar-refractivity contribution in [1.29, 1.82) is 0 Å². The second kappa shape index (κ2) is 8.21. The summed E-state index contributed by atoms with van der Waals surface area (Å²) in [6, 6.07) is 10.3. The molecule has 2 fully saturated rings. The molecule has 6 nitrogen and oxygen atoms in total. The summed E-state index contributed by atoms with van der Waals surface area (Å²) in [5.41, 5.74) is 2.72. The Hall–Kier alpha value is -2.09. The first kappa shape index (κ1) is 21.2. The van der Waals surface area contributed by atoms with E-state index in [4.69, 9.17) is 11.6 Å². The lowest BCUT2D eigenvalue weighted by Gasteiger charge is -2.16. The van der Waals surface area contributed by atoms with Gasteiger partial charge in [-0.2, -0.15) is 0 Å². The molecule has 160 valence electrons. The van der Waals surface area contributed by atoms with Crippen LogP contribution in [0.4, 0.5) is 5.69 Å². The third-order valence-corrected chi connectivity index (χ3v) is 7.58. The van der Waals surface area contributed by atoms with Crippen molar-refractivity contribution in [3.63, 3.8) is 0 Å². The highest BCUT2D eigenvalue weighted by Crippen LogP contribution is 2.30. The Labute approximate surface area is 182 Å². The number of amides is 1. The number of sulfonamides is 1. The molecule has 4 rings (SSSR count). The first-order valence-corrected chi connectivity index (χ1v) is 12.0. The zero-order valence-electron chi connectivity index (χ0n) is 17.1. The van der Waals surface area contributed by atoms with E-state index in [1.807, 2.05) is 19.9 Å². The van der Waals surface area contributed by atoms with Crippen LogP contribution in [0.15, 0.2) is 41.3 Å². The van der Waals surface area contributed by atoms with Crippen molar-refractivity contribution < 1.29 is 13.2 Å². The van der Waals surface area contributed by atoms with Gasteiger partial charge in [0.2, 0.25) is 0 Å². The van der Waals surface area contributed by atoms with Crippen molar-refractivity contribution in [2.45, 2.75) is 50.1 Å². The summed E-state index contributed by atoms with van der Waals surface area (Å²) < 4.78 is 28.3. The maximum Gasteiger partial charge on any atom is 0.261 e. The lowest BCUT2D eigenvalue weighted by atomic mass is 10.1. The first-order chi connectivity index (χ1) is 14.2. The number of rotatable bonds is 6. The molecule has 2 aliphatic rings. The Bertz CT molecular complexity index is 1080. The lowest BCUT2D eigenvalue weighted by molar-refractivity contribution is 0.0937. The molecule has 1 saturated carbocycles. The van der Waals surface area contributed by atoms with E-state index < -0.39 is 10.0 Å². The Morgan fingerprint density at radius 2 is 1.83 bits per heavy atom. The third-order valence-electron chi connectivity index (χ3n) is 5.87. The van der Waals surface area contributed by atoms with Crippen molar-refractivity contribution in [1.82, 2.24) is 10.2 Å².